The second-order valence-electron chi connectivity index (χ2n) is 6.00. The number of benzene rings is 1. The van der Waals surface area contributed by atoms with Gasteiger partial charge in [-0.15, -0.1) is 0 Å². The van der Waals surface area contributed by atoms with Gasteiger partial charge in [0.2, 0.25) is 0 Å². The van der Waals surface area contributed by atoms with Crippen LogP contribution >= 0.6 is 0 Å². The summed E-state index contributed by atoms with van der Waals surface area (Å²) in [6.07, 6.45) is 0.243. The van der Waals surface area contributed by atoms with Gasteiger partial charge in [-0.05, 0) is 32.4 Å². The number of carboxylic acids is 1. The number of hydrogen-bond acceptors (Lipinski definition) is 3. The first-order valence-corrected chi connectivity index (χ1v) is 6.82. The Morgan fingerprint density at radius 2 is 1.65 bits per heavy atom. The smallest absolute Gasteiger partial charge is 0.412 e. The first kappa shape index (κ1) is 18.6. The lowest BCUT2D eigenvalue weighted by Crippen LogP contribution is -2.34. The molecule has 0 unspecified atom stereocenters. The molecular weight excluding hydrogens is 308 g/mol. The van der Waals surface area contributed by atoms with Crippen LogP contribution in [0.3, 0.4) is 0 Å². The standard InChI is InChI=1S/C16H19F2NO4/c1-15(2,3)23-14(22)19-12(13(20)21)9-10-5-7-11(8-6-10)16(4,17)18/h5-9H,1-4H3,(H,19,22)(H,20,21). The zero-order valence-corrected chi connectivity index (χ0v) is 13.3. The first-order chi connectivity index (χ1) is 10.4. The van der Waals surface area contributed by atoms with Crippen LogP contribution in [0.15, 0.2) is 30.0 Å². The van der Waals surface area contributed by atoms with Gasteiger partial charge >= 0.3 is 12.1 Å². The third-order valence-corrected chi connectivity index (χ3v) is 2.59. The van der Waals surface area contributed by atoms with E-state index in [1.165, 1.54) is 24.3 Å². The molecule has 0 aliphatic heterocycles. The van der Waals surface area contributed by atoms with Gasteiger partial charge in [-0.1, -0.05) is 24.3 Å². The second kappa shape index (κ2) is 6.76. The van der Waals surface area contributed by atoms with Gasteiger partial charge in [-0.3, -0.25) is 5.32 Å². The zero-order chi connectivity index (χ0) is 17.8. The summed E-state index contributed by atoms with van der Waals surface area (Å²) in [5.74, 6) is -4.35. The van der Waals surface area contributed by atoms with Gasteiger partial charge in [-0.2, -0.15) is 0 Å². The summed E-state index contributed by atoms with van der Waals surface area (Å²) in [4.78, 5) is 22.8. The number of amides is 1. The fourth-order valence-corrected chi connectivity index (χ4v) is 1.60. The Morgan fingerprint density at radius 1 is 1.13 bits per heavy atom. The summed E-state index contributed by atoms with van der Waals surface area (Å²) < 4.78 is 31.2. The number of hydrogen-bond donors (Lipinski definition) is 2. The van der Waals surface area contributed by atoms with E-state index in [4.69, 9.17) is 9.84 Å². The normalized spacial score (nSPS) is 12.7. The number of rotatable bonds is 4. The molecule has 0 atom stereocenters. The van der Waals surface area contributed by atoms with Gasteiger partial charge in [0.05, 0.1) is 0 Å². The zero-order valence-electron chi connectivity index (χ0n) is 13.3. The van der Waals surface area contributed by atoms with Gasteiger partial charge in [-0.25, -0.2) is 18.4 Å². The van der Waals surface area contributed by atoms with Crippen LogP contribution in [0.5, 0.6) is 0 Å². The molecular formula is C16H19F2NO4. The average molecular weight is 327 g/mol. The molecule has 0 saturated heterocycles. The van der Waals surface area contributed by atoms with Crippen LogP contribution in [0.4, 0.5) is 13.6 Å². The van der Waals surface area contributed by atoms with Gasteiger partial charge in [0.25, 0.3) is 5.92 Å². The third-order valence-electron chi connectivity index (χ3n) is 2.59. The van der Waals surface area contributed by atoms with Crippen molar-refractivity contribution >= 4 is 18.1 Å². The molecule has 0 saturated carbocycles. The van der Waals surface area contributed by atoms with E-state index in [9.17, 15) is 18.4 Å². The Labute approximate surface area is 133 Å². The summed E-state index contributed by atoms with van der Waals surface area (Å²) in [7, 11) is 0. The summed E-state index contributed by atoms with van der Waals surface area (Å²) >= 11 is 0. The number of aliphatic carboxylic acids is 1. The molecule has 0 radical (unpaired) electrons. The molecule has 0 spiro atoms. The molecule has 1 amide bonds. The predicted molar refractivity (Wildman–Crippen MR) is 81.0 cm³/mol. The Hall–Kier alpha value is -2.44. The number of carbonyl (C=O) groups is 2. The molecule has 1 aromatic carbocycles. The summed E-state index contributed by atoms with van der Waals surface area (Å²) in [5, 5.41) is 11.2. The number of nitrogens with one attached hydrogen (secondary N) is 1. The van der Waals surface area contributed by atoms with E-state index in [2.05, 4.69) is 5.32 Å². The molecule has 0 aromatic heterocycles. The first-order valence-electron chi connectivity index (χ1n) is 6.82. The number of alkyl carbamates (subject to hydrolysis) is 1. The Morgan fingerprint density at radius 3 is 2.04 bits per heavy atom. The maximum atomic E-state index is 13.1. The van der Waals surface area contributed by atoms with Crippen LogP contribution in [0.25, 0.3) is 6.08 Å². The van der Waals surface area contributed by atoms with Crippen molar-refractivity contribution in [3.8, 4) is 0 Å². The van der Waals surface area contributed by atoms with Gasteiger partial charge in [0.1, 0.15) is 11.3 Å². The van der Waals surface area contributed by atoms with Crippen molar-refractivity contribution in [2.75, 3.05) is 0 Å². The number of halogens is 2. The summed E-state index contributed by atoms with van der Waals surface area (Å²) in [5.41, 5.74) is -1.03. The lowest BCUT2D eigenvalue weighted by molar-refractivity contribution is -0.133. The lowest BCUT2D eigenvalue weighted by atomic mass is 10.1. The third kappa shape index (κ3) is 6.46. The fraction of sp³-hybridized carbons (Fsp3) is 0.375. The molecule has 23 heavy (non-hydrogen) atoms. The minimum atomic E-state index is -2.98. The molecule has 0 fully saturated rings. The van der Waals surface area contributed by atoms with Crippen LogP contribution in [-0.4, -0.2) is 22.8 Å². The van der Waals surface area contributed by atoms with Crippen molar-refractivity contribution in [2.24, 2.45) is 0 Å². The highest BCUT2D eigenvalue weighted by Crippen LogP contribution is 2.27. The van der Waals surface area contributed by atoms with Crippen LogP contribution in [0.2, 0.25) is 0 Å². The number of carbonyl (C=O) groups excluding carboxylic acids is 1. The molecule has 2 N–H and O–H groups in total. The highest BCUT2D eigenvalue weighted by Gasteiger charge is 2.24. The summed E-state index contributed by atoms with van der Waals surface area (Å²) in [6.45, 7) is 5.69. The quantitative estimate of drug-likeness (QED) is 0.826. The van der Waals surface area contributed by atoms with Crippen molar-refractivity contribution in [2.45, 2.75) is 39.2 Å². The predicted octanol–water partition coefficient (Wildman–Crippen LogP) is 3.75. The maximum absolute atomic E-state index is 13.1. The van der Waals surface area contributed by atoms with Crippen LogP contribution in [0, 0.1) is 0 Å². The molecule has 0 heterocycles. The van der Waals surface area contributed by atoms with Crippen molar-refractivity contribution in [1.82, 2.24) is 5.32 Å². The van der Waals surface area contributed by atoms with E-state index in [-0.39, 0.29) is 5.56 Å². The molecule has 1 aromatic rings. The van der Waals surface area contributed by atoms with E-state index in [1.807, 2.05) is 0 Å². The molecule has 0 bridgehead atoms. The maximum Gasteiger partial charge on any atom is 0.412 e. The largest absolute Gasteiger partial charge is 0.477 e. The van der Waals surface area contributed by atoms with Gasteiger partial charge in [0.15, 0.2) is 0 Å². The van der Waals surface area contributed by atoms with Gasteiger partial charge in [0, 0.05) is 12.5 Å². The van der Waals surface area contributed by atoms with Gasteiger partial charge < -0.3 is 9.84 Å². The molecule has 7 heteroatoms. The monoisotopic (exact) mass is 327 g/mol. The average Bonchev–Trinajstić information content (AvgIpc) is 2.35. The van der Waals surface area contributed by atoms with Crippen molar-refractivity contribution in [3.05, 3.63) is 41.1 Å². The van der Waals surface area contributed by atoms with E-state index in [1.54, 1.807) is 20.8 Å². The number of carboxylic acid groups (broad SMARTS) is 1. The fourth-order valence-electron chi connectivity index (χ4n) is 1.60. The topological polar surface area (TPSA) is 75.6 Å². The van der Waals surface area contributed by atoms with Crippen LogP contribution in [-0.2, 0) is 15.5 Å². The second-order valence-corrected chi connectivity index (χ2v) is 6.00. The van der Waals surface area contributed by atoms with E-state index in [0.717, 1.165) is 13.0 Å². The lowest BCUT2D eigenvalue weighted by Gasteiger charge is -2.19. The molecule has 0 aliphatic rings. The highest BCUT2D eigenvalue weighted by molar-refractivity contribution is 5.95. The Kier molecular flexibility index (Phi) is 5.47. The van der Waals surface area contributed by atoms with Crippen LogP contribution < -0.4 is 5.32 Å². The number of ether oxygens (including phenoxy) is 1. The molecule has 126 valence electrons. The number of alkyl halides is 2. The highest BCUT2D eigenvalue weighted by atomic mass is 19.3. The SMILES string of the molecule is CC(C)(C)OC(=O)NC(=Cc1ccc(C(C)(F)F)cc1)C(=O)O. The van der Waals surface area contributed by atoms with Crippen molar-refractivity contribution < 1.29 is 28.2 Å². The molecule has 0 aliphatic carbocycles. The van der Waals surface area contributed by atoms with Crippen molar-refractivity contribution in [3.63, 3.8) is 0 Å². The minimum absolute atomic E-state index is 0.188. The van der Waals surface area contributed by atoms with E-state index >= 15 is 0 Å². The minimum Gasteiger partial charge on any atom is -0.477 e. The Balaban J connectivity index is 2.95. The van der Waals surface area contributed by atoms with Crippen LogP contribution in [0.1, 0.15) is 38.8 Å². The van der Waals surface area contributed by atoms with Crippen molar-refractivity contribution in [1.29, 1.82) is 0 Å². The Bertz CT molecular complexity index is 610. The summed E-state index contributed by atoms with van der Waals surface area (Å²) in [6, 6.07) is 5.07. The molecule has 5 nitrogen and oxygen atoms in total. The van der Waals surface area contributed by atoms with E-state index < -0.39 is 29.3 Å². The molecule has 1 rings (SSSR count). The van der Waals surface area contributed by atoms with E-state index in [0.29, 0.717) is 5.56 Å².